The van der Waals surface area contributed by atoms with Crippen LogP contribution >= 0.6 is 11.3 Å². The van der Waals surface area contributed by atoms with Gasteiger partial charge in [0.15, 0.2) is 0 Å². The van der Waals surface area contributed by atoms with E-state index in [-0.39, 0.29) is 12.1 Å². The van der Waals surface area contributed by atoms with Crippen molar-refractivity contribution >= 4 is 17.3 Å². The Balaban J connectivity index is 2.81. The molecule has 0 fully saturated rings. The second-order valence-electron chi connectivity index (χ2n) is 5.18. The van der Waals surface area contributed by atoms with E-state index in [1.54, 1.807) is 11.3 Å². The first kappa shape index (κ1) is 14.2. The zero-order chi connectivity index (χ0) is 13.0. The van der Waals surface area contributed by atoms with Gasteiger partial charge in [0.25, 0.3) is 0 Å². The first-order valence-corrected chi connectivity index (χ1v) is 7.08. The van der Waals surface area contributed by atoms with Crippen LogP contribution in [0.5, 0.6) is 0 Å². The van der Waals surface area contributed by atoms with Crippen LogP contribution in [0, 0.1) is 5.92 Å². The third-order valence-corrected chi connectivity index (χ3v) is 3.68. The molecule has 0 aromatic carbocycles. The van der Waals surface area contributed by atoms with Crippen molar-refractivity contribution < 1.29 is 9.53 Å². The van der Waals surface area contributed by atoms with E-state index >= 15 is 0 Å². The van der Waals surface area contributed by atoms with Crippen LogP contribution in [0.25, 0.3) is 0 Å². The number of esters is 1. The standard InChI is InChI=1S/C14H22O2S/c1-9(2)8-11(5)13-12(6-7-17-13)14(15)16-10(3)4/h6-7,9-11H,8H2,1-5H3. The molecule has 0 saturated carbocycles. The van der Waals surface area contributed by atoms with Gasteiger partial charge in [-0.2, -0.15) is 0 Å². The summed E-state index contributed by atoms with van der Waals surface area (Å²) in [6.45, 7) is 10.3. The normalized spacial score (nSPS) is 13.1. The van der Waals surface area contributed by atoms with Gasteiger partial charge in [-0.15, -0.1) is 11.3 Å². The predicted molar refractivity (Wildman–Crippen MR) is 72.7 cm³/mol. The Kier molecular flexibility index (Phi) is 5.19. The molecule has 1 atom stereocenters. The zero-order valence-electron chi connectivity index (χ0n) is 11.3. The minimum Gasteiger partial charge on any atom is -0.459 e. The second kappa shape index (κ2) is 6.20. The summed E-state index contributed by atoms with van der Waals surface area (Å²) in [5, 5.41) is 1.98. The predicted octanol–water partition coefficient (Wildman–Crippen LogP) is 4.46. The van der Waals surface area contributed by atoms with Crippen LogP contribution in [0.1, 0.15) is 62.2 Å². The van der Waals surface area contributed by atoms with Crippen molar-refractivity contribution in [1.29, 1.82) is 0 Å². The maximum atomic E-state index is 11.9. The Morgan fingerprint density at radius 2 is 1.94 bits per heavy atom. The largest absolute Gasteiger partial charge is 0.459 e. The molecule has 0 saturated heterocycles. The molecule has 96 valence electrons. The lowest BCUT2D eigenvalue weighted by atomic mass is 9.95. The molecule has 1 unspecified atom stereocenters. The van der Waals surface area contributed by atoms with Crippen LogP contribution in [0.2, 0.25) is 0 Å². The number of ether oxygens (including phenoxy) is 1. The summed E-state index contributed by atoms with van der Waals surface area (Å²) in [6, 6.07) is 1.88. The van der Waals surface area contributed by atoms with Crippen molar-refractivity contribution in [2.75, 3.05) is 0 Å². The third-order valence-electron chi connectivity index (χ3n) is 2.53. The molecule has 1 aromatic rings. The molecule has 1 aromatic heterocycles. The van der Waals surface area contributed by atoms with Crippen LogP contribution in [-0.2, 0) is 4.74 Å². The van der Waals surface area contributed by atoms with Gasteiger partial charge in [0.1, 0.15) is 0 Å². The van der Waals surface area contributed by atoms with Crippen LogP contribution in [0.4, 0.5) is 0 Å². The van der Waals surface area contributed by atoms with Gasteiger partial charge in [0.2, 0.25) is 0 Å². The molecule has 0 N–H and O–H groups in total. The number of hydrogen-bond donors (Lipinski definition) is 0. The summed E-state index contributed by atoms with van der Waals surface area (Å²) in [6.07, 6.45) is 1.04. The minimum absolute atomic E-state index is 0.0596. The van der Waals surface area contributed by atoms with Gasteiger partial charge in [-0.25, -0.2) is 4.79 Å². The number of rotatable bonds is 5. The highest BCUT2D eigenvalue weighted by molar-refractivity contribution is 7.10. The van der Waals surface area contributed by atoms with Crippen molar-refractivity contribution in [2.24, 2.45) is 5.92 Å². The molecule has 0 spiro atoms. The highest BCUT2D eigenvalue weighted by Gasteiger charge is 2.20. The first-order valence-electron chi connectivity index (χ1n) is 6.20. The van der Waals surface area contributed by atoms with E-state index in [0.717, 1.165) is 16.9 Å². The topological polar surface area (TPSA) is 26.3 Å². The van der Waals surface area contributed by atoms with Crippen LogP contribution in [0.3, 0.4) is 0 Å². The first-order chi connectivity index (χ1) is 7.91. The summed E-state index contributed by atoms with van der Waals surface area (Å²) in [5.41, 5.74) is 0.747. The molecule has 0 aliphatic rings. The summed E-state index contributed by atoms with van der Waals surface area (Å²) < 4.78 is 5.26. The van der Waals surface area contributed by atoms with E-state index in [9.17, 15) is 4.79 Å². The number of carbonyl (C=O) groups is 1. The molecule has 0 amide bonds. The van der Waals surface area contributed by atoms with Crippen molar-refractivity contribution in [3.05, 3.63) is 21.9 Å². The Hall–Kier alpha value is -0.830. The van der Waals surface area contributed by atoms with Gasteiger partial charge in [-0.05, 0) is 43.6 Å². The third kappa shape index (κ3) is 4.15. The number of hydrogen-bond acceptors (Lipinski definition) is 3. The van der Waals surface area contributed by atoms with Crippen LogP contribution in [0.15, 0.2) is 11.4 Å². The molecular formula is C14H22O2S. The molecule has 17 heavy (non-hydrogen) atoms. The van der Waals surface area contributed by atoms with E-state index in [4.69, 9.17) is 4.74 Å². The van der Waals surface area contributed by atoms with E-state index in [1.807, 2.05) is 25.3 Å². The van der Waals surface area contributed by atoms with Gasteiger partial charge in [-0.1, -0.05) is 20.8 Å². The average Bonchev–Trinajstić information content (AvgIpc) is 2.63. The number of carbonyl (C=O) groups excluding carboxylic acids is 1. The Bertz CT molecular complexity index is 366. The maximum absolute atomic E-state index is 11.9. The Morgan fingerprint density at radius 3 is 2.47 bits per heavy atom. The summed E-state index contributed by atoms with van der Waals surface area (Å²) in [5.74, 6) is 0.873. The quantitative estimate of drug-likeness (QED) is 0.725. The van der Waals surface area contributed by atoms with E-state index < -0.39 is 0 Å². The van der Waals surface area contributed by atoms with Gasteiger partial charge in [0.05, 0.1) is 11.7 Å². The van der Waals surface area contributed by atoms with Crippen molar-refractivity contribution in [2.45, 2.75) is 53.1 Å². The Morgan fingerprint density at radius 1 is 1.29 bits per heavy atom. The van der Waals surface area contributed by atoms with Gasteiger partial charge >= 0.3 is 5.97 Å². The average molecular weight is 254 g/mol. The Labute approximate surface area is 108 Å². The molecule has 0 radical (unpaired) electrons. The summed E-state index contributed by atoms with van der Waals surface area (Å²) in [7, 11) is 0. The van der Waals surface area contributed by atoms with Crippen LogP contribution in [-0.4, -0.2) is 12.1 Å². The van der Waals surface area contributed by atoms with Crippen LogP contribution < -0.4 is 0 Å². The van der Waals surface area contributed by atoms with E-state index in [2.05, 4.69) is 20.8 Å². The molecule has 0 aliphatic heterocycles. The smallest absolute Gasteiger partial charge is 0.339 e. The molecule has 0 bridgehead atoms. The molecule has 0 aliphatic carbocycles. The maximum Gasteiger partial charge on any atom is 0.339 e. The SMILES string of the molecule is CC(C)CC(C)c1sccc1C(=O)OC(C)C. The molecule has 1 heterocycles. The molecule has 1 rings (SSSR count). The molecular weight excluding hydrogens is 232 g/mol. The number of thiophene rings is 1. The molecule has 3 heteroatoms. The van der Waals surface area contributed by atoms with Gasteiger partial charge in [0, 0.05) is 4.88 Å². The monoisotopic (exact) mass is 254 g/mol. The zero-order valence-corrected chi connectivity index (χ0v) is 12.1. The minimum atomic E-state index is -0.188. The highest BCUT2D eigenvalue weighted by Crippen LogP contribution is 2.31. The summed E-state index contributed by atoms with van der Waals surface area (Å²) in [4.78, 5) is 13.1. The molecule has 2 nitrogen and oxygen atoms in total. The summed E-state index contributed by atoms with van der Waals surface area (Å²) >= 11 is 1.65. The van der Waals surface area contributed by atoms with Gasteiger partial charge in [-0.3, -0.25) is 0 Å². The van der Waals surface area contributed by atoms with E-state index in [1.165, 1.54) is 0 Å². The fourth-order valence-electron chi connectivity index (χ4n) is 1.96. The lowest BCUT2D eigenvalue weighted by molar-refractivity contribution is 0.0377. The fourth-order valence-corrected chi connectivity index (χ4v) is 2.92. The van der Waals surface area contributed by atoms with E-state index in [0.29, 0.717) is 11.8 Å². The lowest BCUT2D eigenvalue weighted by Crippen LogP contribution is -2.13. The lowest BCUT2D eigenvalue weighted by Gasteiger charge is -2.15. The van der Waals surface area contributed by atoms with Gasteiger partial charge < -0.3 is 4.74 Å². The van der Waals surface area contributed by atoms with Crippen molar-refractivity contribution in [3.8, 4) is 0 Å². The highest BCUT2D eigenvalue weighted by atomic mass is 32.1. The van der Waals surface area contributed by atoms with Crippen molar-refractivity contribution in [1.82, 2.24) is 0 Å². The fraction of sp³-hybridized carbons (Fsp3) is 0.643. The second-order valence-corrected chi connectivity index (χ2v) is 6.13. The van der Waals surface area contributed by atoms with Crippen molar-refractivity contribution in [3.63, 3.8) is 0 Å².